The van der Waals surface area contributed by atoms with Crippen LogP contribution in [0.1, 0.15) is 25.6 Å². The number of hydrogen-bond donors (Lipinski definition) is 3. The van der Waals surface area contributed by atoms with Crippen molar-refractivity contribution in [2.45, 2.75) is 31.8 Å². The minimum Gasteiger partial charge on any atom is -0.480 e. The average Bonchev–Trinajstić information content (AvgIpc) is 3.11. The zero-order valence-electron chi connectivity index (χ0n) is 10.9. The Bertz CT molecular complexity index is 496. The number of aromatic nitrogens is 3. The maximum Gasteiger partial charge on any atom is 0.329 e. The van der Waals surface area contributed by atoms with Crippen LogP contribution in [0.2, 0.25) is 0 Å². The molecule has 1 saturated carbocycles. The number of urea groups is 1. The molecule has 0 saturated heterocycles. The van der Waals surface area contributed by atoms with Crippen LogP contribution in [0.3, 0.4) is 0 Å². The van der Waals surface area contributed by atoms with E-state index in [9.17, 15) is 14.7 Å². The molecule has 19 heavy (non-hydrogen) atoms. The Morgan fingerprint density at radius 2 is 2.26 bits per heavy atom. The van der Waals surface area contributed by atoms with Gasteiger partial charge in [0.1, 0.15) is 11.9 Å². The van der Waals surface area contributed by atoms with Crippen molar-refractivity contribution >= 4 is 12.0 Å². The Morgan fingerprint density at radius 1 is 1.58 bits per heavy atom. The summed E-state index contributed by atoms with van der Waals surface area (Å²) in [6, 6.07) is -0.524. The van der Waals surface area contributed by atoms with Gasteiger partial charge < -0.3 is 15.7 Å². The standard InChI is InChI=1S/C11H17N5O3/c1-11(9(17)18,7-3-4-7)14-10(19)12-5-8-13-6-16(2)15-8/h6-7H,3-5H2,1-2H3,(H,17,18)(H2,12,14,19). The Balaban J connectivity index is 1.88. The molecule has 8 heteroatoms. The molecule has 1 atom stereocenters. The number of carbonyl (C=O) groups excluding carboxylic acids is 1. The number of aliphatic carboxylic acids is 1. The zero-order chi connectivity index (χ0) is 14.0. The van der Waals surface area contributed by atoms with E-state index in [-0.39, 0.29) is 12.5 Å². The van der Waals surface area contributed by atoms with E-state index < -0.39 is 17.5 Å². The molecule has 0 radical (unpaired) electrons. The number of carbonyl (C=O) groups is 2. The fraction of sp³-hybridized carbons (Fsp3) is 0.636. The first-order valence-corrected chi connectivity index (χ1v) is 6.05. The van der Waals surface area contributed by atoms with E-state index in [1.54, 1.807) is 7.05 Å². The second kappa shape index (κ2) is 4.87. The van der Waals surface area contributed by atoms with Crippen LogP contribution in [0.5, 0.6) is 0 Å². The van der Waals surface area contributed by atoms with Gasteiger partial charge in [-0.25, -0.2) is 14.6 Å². The van der Waals surface area contributed by atoms with Crippen LogP contribution in [0.25, 0.3) is 0 Å². The topological polar surface area (TPSA) is 109 Å². The Morgan fingerprint density at radius 3 is 2.74 bits per heavy atom. The molecule has 0 bridgehead atoms. The van der Waals surface area contributed by atoms with Gasteiger partial charge in [0.15, 0.2) is 5.82 Å². The summed E-state index contributed by atoms with van der Waals surface area (Å²) in [5.74, 6) is -0.536. The summed E-state index contributed by atoms with van der Waals surface area (Å²) in [6.07, 6.45) is 3.18. The predicted octanol–water partition coefficient (Wildman–Crippen LogP) is -0.132. The van der Waals surface area contributed by atoms with Crippen molar-refractivity contribution in [2.24, 2.45) is 13.0 Å². The van der Waals surface area contributed by atoms with E-state index in [4.69, 9.17) is 0 Å². The van der Waals surface area contributed by atoms with Crippen molar-refractivity contribution in [1.82, 2.24) is 25.4 Å². The number of hydrogen-bond acceptors (Lipinski definition) is 4. The van der Waals surface area contributed by atoms with Gasteiger partial charge in [0.05, 0.1) is 6.54 Å². The highest BCUT2D eigenvalue weighted by Gasteiger charge is 2.48. The molecule has 1 aromatic rings. The first-order chi connectivity index (χ1) is 8.91. The molecule has 0 aromatic carbocycles. The third-order valence-corrected chi connectivity index (χ3v) is 3.27. The van der Waals surface area contributed by atoms with Gasteiger partial charge >= 0.3 is 12.0 Å². The maximum absolute atomic E-state index is 11.7. The van der Waals surface area contributed by atoms with E-state index in [0.29, 0.717) is 5.82 Å². The van der Waals surface area contributed by atoms with Gasteiger partial charge in [0.2, 0.25) is 0 Å². The molecule has 2 amide bonds. The van der Waals surface area contributed by atoms with Crippen molar-refractivity contribution in [2.75, 3.05) is 0 Å². The van der Waals surface area contributed by atoms with Crippen molar-refractivity contribution in [3.8, 4) is 0 Å². The highest BCUT2D eigenvalue weighted by atomic mass is 16.4. The van der Waals surface area contributed by atoms with Crippen LogP contribution in [0, 0.1) is 5.92 Å². The molecule has 1 aromatic heterocycles. The summed E-state index contributed by atoms with van der Waals surface area (Å²) < 4.78 is 1.53. The number of nitrogens with zero attached hydrogens (tertiary/aromatic N) is 3. The molecule has 1 heterocycles. The SMILES string of the molecule is Cn1cnc(CNC(=O)NC(C)(C(=O)O)C2CC2)n1. The summed E-state index contributed by atoms with van der Waals surface area (Å²) in [7, 11) is 1.73. The third kappa shape index (κ3) is 3.01. The number of carboxylic acid groups (broad SMARTS) is 1. The lowest BCUT2D eigenvalue weighted by Gasteiger charge is -2.26. The normalized spacial score (nSPS) is 17.6. The number of aryl methyl sites for hydroxylation is 1. The van der Waals surface area contributed by atoms with Gasteiger partial charge in [-0.05, 0) is 25.7 Å². The maximum atomic E-state index is 11.7. The smallest absolute Gasteiger partial charge is 0.329 e. The minimum atomic E-state index is -1.21. The monoisotopic (exact) mass is 267 g/mol. The zero-order valence-corrected chi connectivity index (χ0v) is 10.9. The minimum absolute atomic E-state index is 0.00345. The molecule has 1 unspecified atom stereocenters. The van der Waals surface area contributed by atoms with E-state index >= 15 is 0 Å². The molecule has 2 rings (SSSR count). The number of carboxylic acids is 1. The molecule has 3 N–H and O–H groups in total. The van der Waals surface area contributed by atoms with Crippen LogP contribution in [0.4, 0.5) is 4.79 Å². The Labute approximate surface area is 110 Å². The van der Waals surface area contributed by atoms with Gasteiger partial charge in [0, 0.05) is 7.05 Å². The second-order valence-corrected chi connectivity index (χ2v) is 4.92. The molecular weight excluding hydrogens is 250 g/mol. The fourth-order valence-corrected chi connectivity index (χ4v) is 1.90. The molecule has 8 nitrogen and oxygen atoms in total. The molecular formula is C11H17N5O3. The highest BCUT2D eigenvalue weighted by molar-refractivity contribution is 5.86. The van der Waals surface area contributed by atoms with Crippen LogP contribution in [0.15, 0.2) is 6.33 Å². The predicted molar refractivity (Wildman–Crippen MR) is 65.1 cm³/mol. The second-order valence-electron chi connectivity index (χ2n) is 4.92. The number of amides is 2. The van der Waals surface area contributed by atoms with Crippen LogP contribution in [-0.4, -0.2) is 37.4 Å². The molecule has 1 aliphatic carbocycles. The van der Waals surface area contributed by atoms with Crippen molar-refractivity contribution in [3.05, 3.63) is 12.2 Å². The van der Waals surface area contributed by atoms with Crippen LogP contribution < -0.4 is 10.6 Å². The number of nitrogens with one attached hydrogen (secondary N) is 2. The first-order valence-electron chi connectivity index (χ1n) is 6.05. The lowest BCUT2D eigenvalue weighted by molar-refractivity contribution is -0.144. The quantitative estimate of drug-likeness (QED) is 0.688. The summed E-state index contributed by atoms with van der Waals surface area (Å²) in [4.78, 5) is 26.9. The van der Waals surface area contributed by atoms with E-state index in [1.807, 2.05) is 0 Å². The molecule has 0 spiro atoms. The van der Waals surface area contributed by atoms with Gasteiger partial charge in [0.25, 0.3) is 0 Å². The van der Waals surface area contributed by atoms with Crippen LogP contribution >= 0.6 is 0 Å². The van der Waals surface area contributed by atoms with Gasteiger partial charge in [-0.15, -0.1) is 0 Å². The molecule has 104 valence electrons. The van der Waals surface area contributed by atoms with Crippen molar-refractivity contribution in [3.63, 3.8) is 0 Å². The molecule has 0 aliphatic heterocycles. The summed E-state index contributed by atoms with van der Waals surface area (Å²) >= 11 is 0. The van der Waals surface area contributed by atoms with Gasteiger partial charge in [-0.2, -0.15) is 5.10 Å². The van der Waals surface area contributed by atoms with Crippen LogP contribution in [-0.2, 0) is 18.4 Å². The first kappa shape index (κ1) is 13.3. The Hall–Kier alpha value is -2.12. The molecule has 1 fully saturated rings. The fourth-order valence-electron chi connectivity index (χ4n) is 1.90. The van der Waals surface area contributed by atoms with E-state index in [0.717, 1.165) is 12.8 Å². The third-order valence-electron chi connectivity index (χ3n) is 3.27. The highest BCUT2D eigenvalue weighted by Crippen LogP contribution is 2.39. The molecule has 1 aliphatic rings. The lowest BCUT2D eigenvalue weighted by atomic mass is 9.96. The largest absolute Gasteiger partial charge is 0.480 e. The summed E-state index contributed by atoms with van der Waals surface area (Å²) in [6.45, 7) is 1.69. The Kier molecular flexibility index (Phi) is 3.41. The van der Waals surface area contributed by atoms with E-state index in [2.05, 4.69) is 20.7 Å². The van der Waals surface area contributed by atoms with Crippen molar-refractivity contribution < 1.29 is 14.7 Å². The van der Waals surface area contributed by atoms with Gasteiger partial charge in [-0.3, -0.25) is 4.68 Å². The van der Waals surface area contributed by atoms with Crippen molar-refractivity contribution in [1.29, 1.82) is 0 Å². The lowest BCUT2D eigenvalue weighted by Crippen LogP contribution is -2.56. The van der Waals surface area contributed by atoms with E-state index in [1.165, 1.54) is 17.9 Å². The summed E-state index contributed by atoms with van der Waals surface area (Å²) in [5.41, 5.74) is -1.21. The number of rotatable bonds is 5. The van der Waals surface area contributed by atoms with Gasteiger partial charge in [-0.1, -0.05) is 0 Å². The summed E-state index contributed by atoms with van der Waals surface area (Å²) in [5, 5.41) is 18.3. The average molecular weight is 267 g/mol.